The maximum absolute atomic E-state index is 13.2. The lowest BCUT2D eigenvalue weighted by Crippen LogP contribution is -2.33. The maximum Gasteiger partial charge on any atom is 0.275 e. The van der Waals surface area contributed by atoms with E-state index in [0.717, 1.165) is 61.5 Å². The molecule has 4 rings (SSSR count). The normalized spacial score (nSPS) is 19.6. The van der Waals surface area contributed by atoms with E-state index in [4.69, 9.17) is 0 Å². The molecule has 2 aliphatic rings. The van der Waals surface area contributed by atoms with Crippen molar-refractivity contribution in [1.29, 1.82) is 0 Å². The van der Waals surface area contributed by atoms with Crippen LogP contribution < -0.4 is 5.32 Å². The highest BCUT2D eigenvalue weighted by molar-refractivity contribution is 5.94. The van der Waals surface area contributed by atoms with E-state index in [1.165, 1.54) is 5.56 Å². The second kappa shape index (κ2) is 6.80. The Morgan fingerprint density at radius 3 is 2.84 bits per heavy atom. The highest BCUT2D eigenvalue weighted by Crippen LogP contribution is 2.36. The molecule has 1 atom stereocenters. The largest absolute Gasteiger partial charge is 0.330 e. The van der Waals surface area contributed by atoms with Crippen LogP contribution in [0.3, 0.4) is 0 Å². The van der Waals surface area contributed by atoms with Gasteiger partial charge in [0, 0.05) is 55.6 Å². The van der Waals surface area contributed by atoms with Crippen LogP contribution in [0.25, 0.3) is 0 Å². The fourth-order valence-corrected chi connectivity index (χ4v) is 4.12. The van der Waals surface area contributed by atoms with Gasteiger partial charge in [0.25, 0.3) is 5.91 Å². The number of amides is 1. The van der Waals surface area contributed by atoms with Gasteiger partial charge in [-0.1, -0.05) is 0 Å². The van der Waals surface area contributed by atoms with Gasteiger partial charge < -0.3 is 10.2 Å². The molecule has 0 aromatic carbocycles. The minimum atomic E-state index is 0. The second-order valence-electron chi connectivity index (χ2n) is 6.82. The molecular formula is C17H25ClN6O. The molecule has 136 valence electrons. The number of hydrogen-bond acceptors (Lipinski definition) is 4. The summed E-state index contributed by atoms with van der Waals surface area (Å²) in [6.45, 7) is 6.55. The van der Waals surface area contributed by atoms with E-state index < -0.39 is 0 Å². The van der Waals surface area contributed by atoms with Gasteiger partial charge in [0.1, 0.15) is 0 Å². The molecule has 1 saturated heterocycles. The number of halogens is 1. The predicted octanol–water partition coefficient (Wildman–Crippen LogP) is 1.80. The van der Waals surface area contributed by atoms with Crippen molar-refractivity contribution < 1.29 is 4.79 Å². The summed E-state index contributed by atoms with van der Waals surface area (Å²) >= 11 is 0. The van der Waals surface area contributed by atoms with Crippen molar-refractivity contribution in [3.8, 4) is 0 Å². The van der Waals surface area contributed by atoms with Gasteiger partial charge in [-0.15, -0.1) is 12.4 Å². The van der Waals surface area contributed by atoms with Crippen molar-refractivity contribution in [2.24, 2.45) is 7.05 Å². The summed E-state index contributed by atoms with van der Waals surface area (Å²) < 4.78 is 1.91. The Bertz CT molecular complexity index is 795. The number of rotatable bonds is 2. The first-order valence-electron chi connectivity index (χ1n) is 8.65. The van der Waals surface area contributed by atoms with E-state index in [0.29, 0.717) is 5.69 Å². The van der Waals surface area contributed by atoms with Gasteiger partial charge in [-0.3, -0.25) is 14.6 Å². The topological polar surface area (TPSA) is 78.8 Å². The molecule has 2 aromatic heterocycles. The number of aromatic amines is 1. The van der Waals surface area contributed by atoms with Crippen molar-refractivity contribution in [2.75, 3.05) is 13.1 Å². The molecule has 1 fully saturated rings. The molecule has 1 unspecified atom stereocenters. The minimum Gasteiger partial charge on any atom is -0.330 e. The van der Waals surface area contributed by atoms with Crippen LogP contribution >= 0.6 is 12.4 Å². The molecule has 0 spiro atoms. The van der Waals surface area contributed by atoms with Crippen molar-refractivity contribution in [1.82, 2.24) is 30.2 Å². The predicted molar refractivity (Wildman–Crippen MR) is 96.9 cm³/mol. The molecule has 25 heavy (non-hydrogen) atoms. The molecule has 2 aliphatic heterocycles. The number of likely N-dealkylation sites (tertiary alicyclic amines) is 1. The fraction of sp³-hybridized carbons (Fsp3) is 0.588. The van der Waals surface area contributed by atoms with Crippen LogP contribution in [-0.2, 0) is 20.0 Å². The molecule has 0 saturated carbocycles. The summed E-state index contributed by atoms with van der Waals surface area (Å²) in [6.07, 6.45) is 2.92. The molecule has 0 aliphatic carbocycles. The molecule has 0 radical (unpaired) electrons. The van der Waals surface area contributed by atoms with Crippen molar-refractivity contribution >= 4 is 18.3 Å². The van der Waals surface area contributed by atoms with Crippen LogP contribution in [0.5, 0.6) is 0 Å². The van der Waals surface area contributed by atoms with Crippen molar-refractivity contribution in [2.45, 2.75) is 45.7 Å². The SMILES string of the molecule is Cc1nn(C)c(C)c1C1CCCN1C(=O)c1n[nH]c2c1CNCC2.Cl. The molecule has 4 heterocycles. The van der Waals surface area contributed by atoms with E-state index in [-0.39, 0.29) is 24.4 Å². The summed E-state index contributed by atoms with van der Waals surface area (Å²) in [6, 6.07) is 0.107. The zero-order chi connectivity index (χ0) is 16.8. The molecule has 8 heteroatoms. The van der Waals surface area contributed by atoms with Crippen LogP contribution in [0.2, 0.25) is 0 Å². The van der Waals surface area contributed by atoms with Crippen LogP contribution in [0.15, 0.2) is 0 Å². The van der Waals surface area contributed by atoms with Gasteiger partial charge in [-0.25, -0.2) is 0 Å². The van der Waals surface area contributed by atoms with Crippen LogP contribution in [-0.4, -0.2) is 43.9 Å². The number of carbonyl (C=O) groups is 1. The molecule has 0 bridgehead atoms. The zero-order valence-electron chi connectivity index (χ0n) is 14.9. The fourth-order valence-electron chi connectivity index (χ4n) is 4.12. The summed E-state index contributed by atoms with van der Waals surface area (Å²) in [4.78, 5) is 15.2. The number of nitrogens with zero attached hydrogens (tertiary/aromatic N) is 4. The summed E-state index contributed by atoms with van der Waals surface area (Å²) in [5.74, 6) is 0.0429. The maximum atomic E-state index is 13.2. The number of hydrogen-bond donors (Lipinski definition) is 2. The third-order valence-electron chi connectivity index (χ3n) is 5.42. The summed E-state index contributed by atoms with van der Waals surface area (Å²) in [7, 11) is 1.96. The van der Waals surface area contributed by atoms with Gasteiger partial charge in [-0.2, -0.15) is 10.2 Å². The lowest BCUT2D eigenvalue weighted by Gasteiger charge is -2.25. The zero-order valence-corrected chi connectivity index (χ0v) is 15.7. The van der Waals surface area contributed by atoms with Gasteiger partial charge in [0.15, 0.2) is 5.69 Å². The number of aryl methyl sites for hydroxylation is 2. The molecule has 7 nitrogen and oxygen atoms in total. The number of fused-ring (bicyclic) bond motifs is 1. The Kier molecular flexibility index (Phi) is 4.88. The van der Waals surface area contributed by atoms with E-state index >= 15 is 0 Å². The molecule has 2 aromatic rings. The Morgan fingerprint density at radius 1 is 1.32 bits per heavy atom. The smallest absolute Gasteiger partial charge is 0.275 e. The average Bonchev–Trinajstić information content (AvgIpc) is 3.26. The first-order chi connectivity index (χ1) is 11.6. The lowest BCUT2D eigenvalue weighted by molar-refractivity contribution is 0.0727. The van der Waals surface area contributed by atoms with Gasteiger partial charge in [-0.05, 0) is 26.7 Å². The number of H-pyrrole nitrogens is 1. The molecule has 1 amide bonds. The molecular weight excluding hydrogens is 340 g/mol. The highest BCUT2D eigenvalue weighted by Gasteiger charge is 2.36. The quantitative estimate of drug-likeness (QED) is 0.851. The molecule has 2 N–H and O–H groups in total. The Hall–Kier alpha value is -1.86. The minimum absolute atomic E-state index is 0. The number of nitrogens with one attached hydrogen (secondary N) is 2. The summed E-state index contributed by atoms with van der Waals surface area (Å²) in [5.41, 5.74) is 6.08. The number of aromatic nitrogens is 4. The first-order valence-corrected chi connectivity index (χ1v) is 8.65. The number of carbonyl (C=O) groups excluding carboxylic acids is 1. The Labute approximate surface area is 153 Å². The monoisotopic (exact) mass is 364 g/mol. The van der Waals surface area contributed by atoms with E-state index in [1.807, 2.05) is 23.6 Å². The lowest BCUT2D eigenvalue weighted by atomic mass is 10.0. The van der Waals surface area contributed by atoms with Crippen LogP contribution in [0.4, 0.5) is 0 Å². The third kappa shape index (κ3) is 2.85. The Balaban J connectivity index is 0.00000182. The van der Waals surface area contributed by atoms with Crippen LogP contribution in [0.1, 0.15) is 57.6 Å². The van der Waals surface area contributed by atoms with Crippen LogP contribution in [0, 0.1) is 13.8 Å². The Morgan fingerprint density at radius 2 is 2.12 bits per heavy atom. The third-order valence-corrected chi connectivity index (χ3v) is 5.42. The standard InChI is InChI=1S/C17H24N6O.ClH/c1-10-15(11(2)22(3)21-10)14-5-4-8-23(14)17(24)16-12-9-18-7-6-13(12)19-20-16;/h14,18H,4-9H2,1-3H3,(H,19,20);1H. The average molecular weight is 365 g/mol. The van der Waals surface area contributed by atoms with Gasteiger partial charge in [0.2, 0.25) is 0 Å². The van der Waals surface area contributed by atoms with E-state index in [1.54, 1.807) is 0 Å². The summed E-state index contributed by atoms with van der Waals surface area (Å²) in [5, 5.41) is 15.3. The van der Waals surface area contributed by atoms with Gasteiger partial charge in [0.05, 0.1) is 11.7 Å². The van der Waals surface area contributed by atoms with Crippen molar-refractivity contribution in [3.63, 3.8) is 0 Å². The second-order valence-corrected chi connectivity index (χ2v) is 6.82. The van der Waals surface area contributed by atoms with Crippen molar-refractivity contribution in [3.05, 3.63) is 33.9 Å². The van der Waals surface area contributed by atoms with E-state index in [2.05, 4.69) is 27.5 Å². The van der Waals surface area contributed by atoms with E-state index in [9.17, 15) is 4.79 Å². The first kappa shape index (κ1) is 17.9. The van der Waals surface area contributed by atoms with Gasteiger partial charge >= 0.3 is 0 Å². The highest BCUT2D eigenvalue weighted by atomic mass is 35.5.